The van der Waals surface area contributed by atoms with E-state index >= 15 is 0 Å². The lowest BCUT2D eigenvalue weighted by atomic mass is 10.2. The number of carboxylic acid groups (broad SMARTS) is 1. The number of rotatable bonds is 3. The van der Waals surface area contributed by atoms with Gasteiger partial charge < -0.3 is 5.11 Å². The molecule has 0 heterocycles. The fourth-order valence-electron chi connectivity index (χ4n) is 0.747. The first-order valence-corrected chi connectivity index (χ1v) is 3.50. The molecule has 0 amide bonds. The third-order valence-electron chi connectivity index (χ3n) is 1.51. The predicted molar refractivity (Wildman–Crippen MR) is 34.6 cm³/mol. The summed E-state index contributed by atoms with van der Waals surface area (Å²) in [5, 5.41) is 7.67. The summed E-state index contributed by atoms with van der Waals surface area (Å²) in [6, 6.07) is 0. The zero-order chi connectivity index (χ0) is 6.85. The van der Waals surface area contributed by atoms with E-state index in [1.807, 2.05) is 0 Å². The Labute approximate surface area is 58.8 Å². The van der Waals surface area contributed by atoms with Gasteiger partial charge in [-0.2, -0.15) is 0 Å². The van der Waals surface area contributed by atoms with Crippen LogP contribution in [-0.4, -0.2) is 16.5 Å². The zero-order valence-electron chi connectivity index (χ0n) is 5.01. The number of hydrogen-bond acceptors (Lipinski definition) is 1. The van der Waals surface area contributed by atoms with Gasteiger partial charge in [0.2, 0.25) is 0 Å². The normalized spacial score (nSPS) is 21.4. The molecule has 2 nitrogen and oxygen atoms in total. The van der Waals surface area contributed by atoms with Crippen LogP contribution in [0, 0.1) is 5.92 Å². The van der Waals surface area contributed by atoms with E-state index in [9.17, 15) is 4.79 Å². The summed E-state index contributed by atoms with van der Waals surface area (Å²) in [6.45, 7) is 0. The van der Waals surface area contributed by atoms with Gasteiger partial charge in [0.1, 0.15) is 5.38 Å². The van der Waals surface area contributed by atoms with Gasteiger partial charge in [-0.15, -0.1) is 11.6 Å². The van der Waals surface area contributed by atoms with Gasteiger partial charge in [0.05, 0.1) is 0 Å². The molecule has 0 saturated heterocycles. The summed E-state index contributed by atoms with van der Waals surface area (Å²) in [6.07, 6.45) is 2.98. The molecule has 1 saturated carbocycles. The highest BCUT2D eigenvalue weighted by atomic mass is 35.5. The summed E-state index contributed by atoms with van der Waals surface area (Å²) in [5.41, 5.74) is 0. The van der Waals surface area contributed by atoms with Crippen LogP contribution in [0.15, 0.2) is 0 Å². The van der Waals surface area contributed by atoms with Crippen molar-refractivity contribution in [3.63, 3.8) is 0 Å². The third kappa shape index (κ3) is 2.22. The van der Waals surface area contributed by atoms with E-state index in [1.165, 1.54) is 0 Å². The van der Waals surface area contributed by atoms with Gasteiger partial charge >= 0.3 is 5.97 Å². The number of halogens is 1. The maximum Gasteiger partial charge on any atom is 0.321 e. The Morgan fingerprint density at radius 1 is 1.78 bits per heavy atom. The van der Waals surface area contributed by atoms with Crippen molar-refractivity contribution in [2.75, 3.05) is 0 Å². The fourth-order valence-corrected chi connectivity index (χ4v) is 0.999. The van der Waals surface area contributed by atoms with E-state index in [1.54, 1.807) is 0 Å². The van der Waals surface area contributed by atoms with Crippen molar-refractivity contribution in [3.8, 4) is 0 Å². The molecule has 1 rings (SSSR count). The molecule has 1 unspecified atom stereocenters. The Bertz CT molecular complexity index is 120. The van der Waals surface area contributed by atoms with Crippen LogP contribution in [-0.2, 0) is 4.79 Å². The van der Waals surface area contributed by atoms with Crippen LogP contribution in [0.4, 0.5) is 0 Å². The van der Waals surface area contributed by atoms with Crippen molar-refractivity contribution in [3.05, 3.63) is 0 Å². The van der Waals surface area contributed by atoms with E-state index in [4.69, 9.17) is 16.7 Å². The van der Waals surface area contributed by atoms with Crippen LogP contribution in [0.5, 0.6) is 0 Å². The number of alkyl halides is 1. The molecule has 0 radical (unpaired) electrons. The fraction of sp³-hybridized carbons (Fsp3) is 0.833. The Morgan fingerprint density at radius 2 is 2.33 bits per heavy atom. The molecular formula is C6H9ClO2. The summed E-state index contributed by atoms with van der Waals surface area (Å²) < 4.78 is 0. The second-order valence-corrected chi connectivity index (χ2v) is 3.01. The van der Waals surface area contributed by atoms with Gasteiger partial charge in [-0.25, -0.2) is 0 Å². The molecule has 52 valence electrons. The van der Waals surface area contributed by atoms with E-state index in [2.05, 4.69) is 0 Å². The largest absolute Gasteiger partial charge is 0.480 e. The highest BCUT2D eigenvalue weighted by Crippen LogP contribution is 2.34. The van der Waals surface area contributed by atoms with Gasteiger partial charge in [0.15, 0.2) is 0 Å². The Balaban J connectivity index is 2.16. The SMILES string of the molecule is O=C(O)C(Cl)CC1CC1. The van der Waals surface area contributed by atoms with Gasteiger partial charge in [0, 0.05) is 0 Å². The average molecular weight is 149 g/mol. The molecule has 9 heavy (non-hydrogen) atoms. The molecule has 1 fully saturated rings. The third-order valence-corrected chi connectivity index (χ3v) is 1.87. The molecule has 0 aliphatic heterocycles. The molecular weight excluding hydrogens is 140 g/mol. The first-order chi connectivity index (χ1) is 4.20. The molecule has 1 atom stereocenters. The molecule has 0 aromatic carbocycles. The first kappa shape index (κ1) is 6.87. The molecule has 0 bridgehead atoms. The summed E-state index contributed by atoms with van der Waals surface area (Å²) in [4.78, 5) is 10.1. The first-order valence-electron chi connectivity index (χ1n) is 3.07. The van der Waals surface area contributed by atoms with Crippen LogP contribution in [0.1, 0.15) is 19.3 Å². The molecule has 3 heteroatoms. The number of carbonyl (C=O) groups is 1. The number of hydrogen-bond donors (Lipinski definition) is 1. The van der Waals surface area contributed by atoms with Crippen molar-refractivity contribution >= 4 is 17.6 Å². The quantitative estimate of drug-likeness (QED) is 0.616. The number of aliphatic carboxylic acids is 1. The monoisotopic (exact) mass is 148 g/mol. The summed E-state index contributed by atoms with van der Waals surface area (Å²) in [7, 11) is 0. The molecule has 0 aromatic rings. The maximum absolute atomic E-state index is 10.1. The second-order valence-electron chi connectivity index (χ2n) is 2.48. The minimum Gasteiger partial charge on any atom is -0.480 e. The van der Waals surface area contributed by atoms with Gasteiger partial charge in [0.25, 0.3) is 0 Å². The van der Waals surface area contributed by atoms with Crippen LogP contribution in [0.3, 0.4) is 0 Å². The van der Waals surface area contributed by atoms with Crippen LogP contribution < -0.4 is 0 Å². The van der Waals surface area contributed by atoms with Gasteiger partial charge in [-0.1, -0.05) is 12.8 Å². The zero-order valence-corrected chi connectivity index (χ0v) is 5.77. The standard InChI is InChI=1S/C6H9ClO2/c7-5(6(8)9)3-4-1-2-4/h4-5H,1-3H2,(H,8,9). The molecule has 1 N–H and O–H groups in total. The van der Waals surface area contributed by atoms with E-state index < -0.39 is 11.3 Å². The molecule has 1 aliphatic rings. The molecule has 0 aromatic heterocycles. The minimum absolute atomic E-state index is 0.601. The summed E-state index contributed by atoms with van der Waals surface area (Å²) >= 11 is 5.45. The molecule has 0 spiro atoms. The maximum atomic E-state index is 10.1. The predicted octanol–water partition coefficient (Wildman–Crippen LogP) is 1.48. The highest BCUT2D eigenvalue weighted by Gasteiger charge is 2.27. The van der Waals surface area contributed by atoms with Crippen molar-refractivity contribution in [1.82, 2.24) is 0 Å². The highest BCUT2D eigenvalue weighted by molar-refractivity contribution is 6.29. The van der Waals surface area contributed by atoms with Crippen molar-refractivity contribution in [1.29, 1.82) is 0 Å². The number of carboxylic acids is 1. The lowest BCUT2D eigenvalue weighted by Crippen LogP contribution is -2.13. The van der Waals surface area contributed by atoms with Crippen molar-refractivity contribution in [2.24, 2.45) is 5.92 Å². The van der Waals surface area contributed by atoms with E-state index in [-0.39, 0.29) is 0 Å². The Morgan fingerprint density at radius 3 is 2.67 bits per heavy atom. The van der Waals surface area contributed by atoms with Crippen molar-refractivity contribution in [2.45, 2.75) is 24.6 Å². The van der Waals surface area contributed by atoms with E-state index in [0.717, 1.165) is 12.8 Å². The minimum atomic E-state index is -0.886. The average Bonchev–Trinajstić information content (AvgIpc) is 2.50. The van der Waals surface area contributed by atoms with Crippen LogP contribution >= 0.6 is 11.6 Å². The van der Waals surface area contributed by atoms with Crippen LogP contribution in [0.25, 0.3) is 0 Å². The van der Waals surface area contributed by atoms with Gasteiger partial charge in [-0.3, -0.25) is 4.79 Å². The Hall–Kier alpha value is -0.240. The lowest BCUT2D eigenvalue weighted by Gasteiger charge is -1.99. The van der Waals surface area contributed by atoms with Crippen LogP contribution in [0.2, 0.25) is 0 Å². The van der Waals surface area contributed by atoms with E-state index in [0.29, 0.717) is 12.3 Å². The summed E-state index contributed by atoms with van der Waals surface area (Å²) in [5.74, 6) is -0.285. The van der Waals surface area contributed by atoms with Crippen molar-refractivity contribution < 1.29 is 9.90 Å². The topological polar surface area (TPSA) is 37.3 Å². The Kier molecular flexibility index (Phi) is 1.96. The second kappa shape index (κ2) is 2.56. The van der Waals surface area contributed by atoms with Gasteiger partial charge in [-0.05, 0) is 12.3 Å². The lowest BCUT2D eigenvalue weighted by molar-refractivity contribution is -0.136. The molecule has 1 aliphatic carbocycles. The smallest absolute Gasteiger partial charge is 0.321 e.